The summed E-state index contributed by atoms with van der Waals surface area (Å²) >= 11 is 12.2. The Morgan fingerprint density at radius 3 is 2.39 bits per heavy atom. The molecule has 0 aliphatic carbocycles. The first-order valence-corrected chi connectivity index (χ1v) is 11.2. The zero-order valence-electron chi connectivity index (χ0n) is 16.5. The molecule has 1 saturated heterocycles. The third-order valence-corrected chi connectivity index (χ3v) is 7.46. The predicted molar refractivity (Wildman–Crippen MR) is 116 cm³/mol. The molecule has 1 aromatic carbocycles. The average Bonchev–Trinajstić information content (AvgIpc) is 2.62. The van der Waals surface area contributed by atoms with E-state index in [1.54, 1.807) is 17.9 Å². The van der Waals surface area contributed by atoms with E-state index in [-0.39, 0.29) is 28.5 Å². The summed E-state index contributed by atoms with van der Waals surface area (Å²) in [6, 6.07) is 3.13. The molecule has 1 heterocycles. The molecular formula is C20H28Cl2N2O3S. The number of amides is 1. The fourth-order valence-corrected chi connectivity index (χ4v) is 4.44. The maximum Gasteiger partial charge on any atom is 0.248 e. The van der Waals surface area contributed by atoms with Crippen molar-refractivity contribution < 1.29 is 14.1 Å². The van der Waals surface area contributed by atoms with Gasteiger partial charge in [0.15, 0.2) is 0 Å². The van der Waals surface area contributed by atoms with Crippen molar-refractivity contribution in [2.24, 2.45) is 11.1 Å². The average molecular weight is 447 g/mol. The molecule has 2 atom stereocenters. The second-order valence-electron chi connectivity index (χ2n) is 8.10. The SMILES string of the molecule is C=C(C)C(=O)N1CCC([C@@H](CC(C)(C)S(N)=O)c2cc(Cl)c(Cl)cc2O)CC1. The summed E-state index contributed by atoms with van der Waals surface area (Å²) in [7, 11) is -1.53. The van der Waals surface area contributed by atoms with Crippen molar-refractivity contribution in [2.75, 3.05) is 13.1 Å². The first-order valence-electron chi connectivity index (χ1n) is 9.23. The van der Waals surface area contributed by atoms with Gasteiger partial charge in [0.05, 0.1) is 25.8 Å². The molecule has 156 valence electrons. The van der Waals surface area contributed by atoms with Crippen molar-refractivity contribution in [3.63, 3.8) is 0 Å². The molecule has 0 spiro atoms. The highest BCUT2D eigenvalue weighted by Crippen LogP contribution is 2.44. The maximum atomic E-state index is 12.2. The van der Waals surface area contributed by atoms with E-state index < -0.39 is 15.7 Å². The van der Waals surface area contributed by atoms with Crippen LogP contribution in [0.2, 0.25) is 10.0 Å². The number of carbonyl (C=O) groups excluding carboxylic acids is 1. The van der Waals surface area contributed by atoms with Crippen molar-refractivity contribution in [3.8, 4) is 5.75 Å². The van der Waals surface area contributed by atoms with E-state index in [9.17, 15) is 14.1 Å². The largest absolute Gasteiger partial charge is 0.508 e. The monoisotopic (exact) mass is 446 g/mol. The lowest BCUT2D eigenvalue weighted by Crippen LogP contribution is -2.41. The normalized spacial score (nSPS) is 18.0. The zero-order chi connectivity index (χ0) is 21.2. The van der Waals surface area contributed by atoms with Gasteiger partial charge in [-0.15, -0.1) is 0 Å². The van der Waals surface area contributed by atoms with Gasteiger partial charge >= 0.3 is 0 Å². The van der Waals surface area contributed by atoms with Gasteiger partial charge in [-0.25, -0.2) is 4.21 Å². The Morgan fingerprint density at radius 2 is 1.89 bits per heavy atom. The number of carbonyl (C=O) groups is 1. The van der Waals surface area contributed by atoms with Crippen LogP contribution in [0.15, 0.2) is 24.3 Å². The number of phenolic OH excluding ortho intramolecular Hbond substituents is 1. The van der Waals surface area contributed by atoms with Crippen LogP contribution in [0.25, 0.3) is 0 Å². The van der Waals surface area contributed by atoms with E-state index in [1.165, 1.54) is 6.07 Å². The van der Waals surface area contributed by atoms with Crippen molar-refractivity contribution in [2.45, 2.75) is 50.7 Å². The van der Waals surface area contributed by atoms with Crippen LogP contribution < -0.4 is 5.14 Å². The van der Waals surface area contributed by atoms with Gasteiger partial charge in [0.1, 0.15) is 5.75 Å². The number of hydrogen-bond donors (Lipinski definition) is 2. The number of rotatable bonds is 6. The van der Waals surface area contributed by atoms with Gasteiger partial charge in [0, 0.05) is 24.7 Å². The molecule has 1 amide bonds. The molecule has 1 aliphatic rings. The molecule has 3 N–H and O–H groups in total. The van der Waals surface area contributed by atoms with Gasteiger partial charge in [-0.2, -0.15) is 0 Å². The molecular weight excluding hydrogens is 419 g/mol. The minimum Gasteiger partial charge on any atom is -0.508 e. The lowest BCUT2D eigenvalue weighted by molar-refractivity contribution is -0.128. The van der Waals surface area contributed by atoms with Crippen LogP contribution in [0.4, 0.5) is 0 Å². The van der Waals surface area contributed by atoms with Crippen molar-refractivity contribution >= 4 is 40.1 Å². The number of halogens is 2. The summed E-state index contributed by atoms with van der Waals surface area (Å²) in [5, 5.41) is 16.9. The van der Waals surface area contributed by atoms with Gasteiger partial charge in [-0.3, -0.25) is 9.93 Å². The summed E-state index contributed by atoms with van der Waals surface area (Å²) in [6.07, 6.45) is 2.04. The van der Waals surface area contributed by atoms with Gasteiger partial charge in [-0.05, 0) is 63.5 Å². The molecule has 0 aromatic heterocycles. The topological polar surface area (TPSA) is 83.6 Å². The Hall–Kier alpha value is -1.08. The Kier molecular flexibility index (Phi) is 7.59. The zero-order valence-corrected chi connectivity index (χ0v) is 18.8. The molecule has 0 radical (unpaired) electrons. The fraction of sp³-hybridized carbons (Fsp3) is 0.550. The fourth-order valence-electron chi connectivity index (χ4n) is 3.77. The van der Waals surface area contributed by atoms with E-state index in [0.29, 0.717) is 35.7 Å². The smallest absolute Gasteiger partial charge is 0.248 e. The van der Waals surface area contributed by atoms with E-state index in [2.05, 4.69) is 6.58 Å². The van der Waals surface area contributed by atoms with Crippen LogP contribution in [-0.4, -0.2) is 38.0 Å². The van der Waals surface area contributed by atoms with E-state index in [0.717, 1.165) is 12.8 Å². The molecule has 1 fully saturated rings. The van der Waals surface area contributed by atoms with Crippen molar-refractivity contribution in [1.82, 2.24) is 4.90 Å². The Balaban J connectivity index is 2.33. The Bertz CT molecular complexity index is 790. The van der Waals surface area contributed by atoms with Crippen molar-refractivity contribution in [3.05, 3.63) is 39.9 Å². The molecule has 0 saturated carbocycles. The number of nitrogens with zero attached hydrogens (tertiary/aromatic N) is 1. The number of phenols is 1. The first-order chi connectivity index (χ1) is 12.9. The third kappa shape index (κ3) is 5.29. The van der Waals surface area contributed by atoms with Crippen LogP contribution in [0, 0.1) is 5.92 Å². The molecule has 0 bridgehead atoms. The van der Waals surface area contributed by atoms with Gasteiger partial charge in [0.2, 0.25) is 5.91 Å². The maximum absolute atomic E-state index is 12.2. The van der Waals surface area contributed by atoms with Gasteiger partial charge in [0.25, 0.3) is 0 Å². The molecule has 1 aliphatic heterocycles. The van der Waals surface area contributed by atoms with Crippen LogP contribution in [-0.2, 0) is 15.8 Å². The highest BCUT2D eigenvalue weighted by Gasteiger charge is 2.36. The number of aromatic hydroxyl groups is 1. The minimum absolute atomic E-state index is 0.0317. The summed E-state index contributed by atoms with van der Waals surface area (Å²) in [4.78, 5) is 14.0. The van der Waals surface area contributed by atoms with Gasteiger partial charge < -0.3 is 10.0 Å². The Morgan fingerprint density at radius 1 is 1.36 bits per heavy atom. The predicted octanol–water partition coefficient (Wildman–Crippen LogP) is 4.39. The first kappa shape index (κ1) is 23.2. The Labute approximate surface area is 179 Å². The number of hydrogen-bond acceptors (Lipinski definition) is 3. The number of benzene rings is 1. The van der Waals surface area contributed by atoms with Crippen LogP contribution in [0.1, 0.15) is 51.5 Å². The number of nitrogens with two attached hydrogens (primary N) is 1. The summed E-state index contributed by atoms with van der Waals surface area (Å²) in [5.74, 6) is 0.105. The van der Waals surface area contributed by atoms with Crippen LogP contribution in [0.3, 0.4) is 0 Å². The lowest BCUT2D eigenvalue weighted by Gasteiger charge is -2.39. The highest BCUT2D eigenvalue weighted by molar-refractivity contribution is 7.84. The number of likely N-dealkylation sites (tertiary alicyclic amines) is 1. The molecule has 8 heteroatoms. The molecule has 2 rings (SSSR count). The summed E-state index contributed by atoms with van der Waals surface area (Å²) in [5.41, 5.74) is 1.20. The second-order valence-corrected chi connectivity index (χ2v) is 10.6. The molecule has 1 unspecified atom stereocenters. The minimum atomic E-state index is -1.53. The van der Waals surface area contributed by atoms with E-state index in [4.69, 9.17) is 28.3 Å². The van der Waals surface area contributed by atoms with E-state index >= 15 is 0 Å². The lowest BCUT2D eigenvalue weighted by atomic mass is 9.75. The van der Waals surface area contributed by atoms with E-state index in [1.807, 2.05) is 13.8 Å². The van der Waals surface area contributed by atoms with Gasteiger partial charge in [-0.1, -0.05) is 29.8 Å². The summed E-state index contributed by atoms with van der Waals surface area (Å²) < 4.78 is 11.4. The molecule has 5 nitrogen and oxygen atoms in total. The standard InChI is InChI=1S/C20H28Cl2N2O3S/c1-12(2)19(26)24-7-5-13(6-8-24)15(11-20(3,4)28(23)27)14-9-16(21)17(22)10-18(14)25/h9-10,13,15,25H,1,5-8,11,23H2,2-4H3/t15-,28?/m1/s1. The van der Waals surface area contributed by atoms with Crippen LogP contribution >= 0.6 is 23.2 Å². The highest BCUT2D eigenvalue weighted by atomic mass is 35.5. The molecule has 1 aromatic rings. The van der Waals surface area contributed by atoms with Crippen LogP contribution in [0.5, 0.6) is 5.75 Å². The summed E-state index contributed by atoms with van der Waals surface area (Å²) in [6.45, 7) is 10.4. The second kappa shape index (κ2) is 9.16. The quantitative estimate of drug-likeness (QED) is 0.635. The number of piperidine rings is 1. The third-order valence-electron chi connectivity index (χ3n) is 5.49. The van der Waals surface area contributed by atoms with Crippen molar-refractivity contribution in [1.29, 1.82) is 0 Å². The molecule has 28 heavy (non-hydrogen) atoms.